The van der Waals surface area contributed by atoms with Crippen LogP contribution < -0.4 is 10.5 Å². The first-order valence-electron chi connectivity index (χ1n) is 4.28. The van der Waals surface area contributed by atoms with Gasteiger partial charge < -0.3 is 10.5 Å². The van der Waals surface area contributed by atoms with E-state index in [-0.39, 0.29) is 30.0 Å². The lowest BCUT2D eigenvalue weighted by molar-refractivity contribution is 0.385. The second kappa shape index (κ2) is 5.83. The van der Waals surface area contributed by atoms with Crippen LogP contribution >= 0.6 is 12.4 Å². The van der Waals surface area contributed by atoms with Crippen molar-refractivity contribution in [2.45, 2.75) is 19.4 Å². The average Bonchev–Trinajstić information content (AvgIpc) is 2.17. The van der Waals surface area contributed by atoms with Crippen LogP contribution in [0.25, 0.3) is 0 Å². The van der Waals surface area contributed by atoms with Gasteiger partial charge >= 0.3 is 0 Å². The molecule has 2 nitrogen and oxygen atoms in total. The zero-order valence-corrected chi connectivity index (χ0v) is 9.10. The predicted molar refractivity (Wildman–Crippen MR) is 57.4 cm³/mol. The number of rotatable bonds is 3. The van der Waals surface area contributed by atoms with Gasteiger partial charge in [-0.3, -0.25) is 0 Å². The molecular formula is C10H15ClFNO. The molecular weight excluding hydrogens is 205 g/mol. The Morgan fingerprint density at radius 3 is 2.64 bits per heavy atom. The Morgan fingerprint density at radius 1 is 1.50 bits per heavy atom. The first kappa shape index (κ1) is 13.2. The van der Waals surface area contributed by atoms with Crippen molar-refractivity contribution in [1.82, 2.24) is 0 Å². The third kappa shape index (κ3) is 2.86. The quantitative estimate of drug-likeness (QED) is 0.849. The van der Waals surface area contributed by atoms with Crippen LogP contribution in [-0.2, 0) is 0 Å². The molecule has 0 amide bonds. The first-order chi connectivity index (χ1) is 6.19. The lowest BCUT2D eigenvalue weighted by Gasteiger charge is -2.10. The Labute approximate surface area is 89.7 Å². The molecule has 0 spiro atoms. The maximum atomic E-state index is 13.0. The van der Waals surface area contributed by atoms with Gasteiger partial charge in [0.2, 0.25) is 0 Å². The normalized spacial score (nSPS) is 11.7. The summed E-state index contributed by atoms with van der Waals surface area (Å²) in [6, 6.07) is 4.66. The van der Waals surface area contributed by atoms with E-state index in [1.807, 2.05) is 6.92 Å². The van der Waals surface area contributed by atoms with Gasteiger partial charge in [0.05, 0.1) is 7.11 Å². The van der Waals surface area contributed by atoms with E-state index in [0.717, 1.165) is 12.0 Å². The monoisotopic (exact) mass is 219 g/mol. The topological polar surface area (TPSA) is 35.2 Å². The van der Waals surface area contributed by atoms with Crippen molar-refractivity contribution >= 4 is 12.4 Å². The van der Waals surface area contributed by atoms with Crippen molar-refractivity contribution in [3.8, 4) is 5.75 Å². The first-order valence-corrected chi connectivity index (χ1v) is 4.28. The van der Waals surface area contributed by atoms with Gasteiger partial charge in [-0.1, -0.05) is 13.0 Å². The van der Waals surface area contributed by atoms with E-state index in [2.05, 4.69) is 0 Å². The summed E-state index contributed by atoms with van der Waals surface area (Å²) in [5, 5.41) is 0. The fourth-order valence-corrected chi connectivity index (χ4v) is 1.14. The number of halogens is 2. The van der Waals surface area contributed by atoms with E-state index < -0.39 is 0 Å². The van der Waals surface area contributed by atoms with Gasteiger partial charge in [0, 0.05) is 6.04 Å². The van der Waals surface area contributed by atoms with E-state index in [0.29, 0.717) is 0 Å². The van der Waals surface area contributed by atoms with Crippen molar-refractivity contribution in [3.63, 3.8) is 0 Å². The second-order valence-corrected chi connectivity index (χ2v) is 2.91. The highest BCUT2D eigenvalue weighted by Gasteiger charge is 2.07. The van der Waals surface area contributed by atoms with Crippen LogP contribution in [0.1, 0.15) is 24.9 Å². The summed E-state index contributed by atoms with van der Waals surface area (Å²) in [4.78, 5) is 0. The summed E-state index contributed by atoms with van der Waals surface area (Å²) < 4.78 is 17.8. The molecule has 80 valence electrons. The summed E-state index contributed by atoms with van der Waals surface area (Å²) in [6.07, 6.45) is 0.828. The number of nitrogens with two attached hydrogens (primary N) is 1. The zero-order valence-electron chi connectivity index (χ0n) is 8.29. The summed E-state index contributed by atoms with van der Waals surface area (Å²) in [7, 11) is 1.44. The van der Waals surface area contributed by atoms with Crippen molar-refractivity contribution < 1.29 is 9.13 Å². The van der Waals surface area contributed by atoms with Crippen molar-refractivity contribution in [1.29, 1.82) is 0 Å². The summed E-state index contributed by atoms with van der Waals surface area (Å²) in [5.74, 6) is -0.101. The Morgan fingerprint density at radius 2 is 2.14 bits per heavy atom. The highest BCUT2D eigenvalue weighted by molar-refractivity contribution is 5.85. The Balaban J connectivity index is 0.00000169. The molecule has 0 fully saturated rings. The average molecular weight is 220 g/mol. The van der Waals surface area contributed by atoms with Crippen molar-refractivity contribution in [2.24, 2.45) is 5.73 Å². The molecule has 0 bridgehead atoms. The zero-order chi connectivity index (χ0) is 9.84. The third-order valence-electron chi connectivity index (χ3n) is 2.04. The molecule has 0 saturated heterocycles. The Bertz CT molecular complexity index is 293. The Hall–Kier alpha value is -0.800. The van der Waals surface area contributed by atoms with Gasteiger partial charge in [-0.2, -0.15) is 0 Å². The van der Waals surface area contributed by atoms with E-state index in [9.17, 15) is 4.39 Å². The van der Waals surface area contributed by atoms with Gasteiger partial charge in [0.15, 0.2) is 11.6 Å². The summed E-state index contributed by atoms with van der Waals surface area (Å²) in [5.41, 5.74) is 6.69. The third-order valence-corrected chi connectivity index (χ3v) is 2.04. The molecule has 0 aliphatic carbocycles. The molecule has 0 heterocycles. The fraction of sp³-hybridized carbons (Fsp3) is 0.400. The maximum Gasteiger partial charge on any atom is 0.165 e. The Kier molecular flexibility index (Phi) is 5.50. The highest BCUT2D eigenvalue weighted by atomic mass is 35.5. The summed E-state index contributed by atoms with van der Waals surface area (Å²) in [6.45, 7) is 1.99. The van der Waals surface area contributed by atoms with Crippen LogP contribution in [0, 0.1) is 5.82 Å². The number of hydrogen-bond acceptors (Lipinski definition) is 2. The van der Waals surface area contributed by atoms with Gasteiger partial charge in [0.1, 0.15) is 0 Å². The molecule has 1 rings (SSSR count). The molecule has 0 aliphatic heterocycles. The maximum absolute atomic E-state index is 13.0. The lowest BCUT2D eigenvalue weighted by Crippen LogP contribution is -2.08. The molecule has 4 heteroatoms. The highest BCUT2D eigenvalue weighted by Crippen LogP contribution is 2.22. The van der Waals surface area contributed by atoms with Crippen LogP contribution in [-0.4, -0.2) is 7.11 Å². The van der Waals surface area contributed by atoms with Crippen LogP contribution in [0.3, 0.4) is 0 Å². The SMILES string of the molecule is CC[C@H](N)c1ccc(F)c(OC)c1.Cl. The predicted octanol–water partition coefficient (Wildman–Crippen LogP) is 2.67. The molecule has 0 aliphatic rings. The molecule has 0 saturated carbocycles. The fourth-order valence-electron chi connectivity index (χ4n) is 1.14. The molecule has 1 aromatic carbocycles. The molecule has 2 N–H and O–H groups in total. The standard InChI is InChI=1S/C10H14FNO.ClH/c1-3-9(12)7-4-5-8(11)10(6-7)13-2;/h4-6,9H,3,12H2,1-2H3;1H/t9-;/m0./s1. The lowest BCUT2D eigenvalue weighted by atomic mass is 10.1. The molecule has 1 atom stereocenters. The van der Waals surface area contributed by atoms with E-state index >= 15 is 0 Å². The number of benzene rings is 1. The van der Waals surface area contributed by atoms with Crippen LogP contribution in [0.4, 0.5) is 4.39 Å². The van der Waals surface area contributed by atoms with Gasteiger partial charge in [-0.25, -0.2) is 4.39 Å². The molecule has 0 radical (unpaired) electrons. The number of hydrogen-bond donors (Lipinski definition) is 1. The minimum absolute atomic E-state index is 0. The molecule has 0 unspecified atom stereocenters. The van der Waals surface area contributed by atoms with Crippen LogP contribution in [0.15, 0.2) is 18.2 Å². The molecule has 14 heavy (non-hydrogen) atoms. The number of methoxy groups -OCH3 is 1. The van der Waals surface area contributed by atoms with Gasteiger partial charge in [-0.15, -0.1) is 12.4 Å². The van der Waals surface area contributed by atoms with Crippen LogP contribution in [0.5, 0.6) is 5.75 Å². The van der Waals surface area contributed by atoms with Gasteiger partial charge in [0.25, 0.3) is 0 Å². The smallest absolute Gasteiger partial charge is 0.165 e. The summed E-state index contributed by atoms with van der Waals surface area (Å²) >= 11 is 0. The minimum Gasteiger partial charge on any atom is -0.494 e. The largest absolute Gasteiger partial charge is 0.494 e. The van der Waals surface area contributed by atoms with E-state index in [1.165, 1.54) is 13.2 Å². The minimum atomic E-state index is -0.352. The van der Waals surface area contributed by atoms with E-state index in [1.54, 1.807) is 12.1 Å². The van der Waals surface area contributed by atoms with Crippen molar-refractivity contribution in [3.05, 3.63) is 29.6 Å². The molecule has 0 aromatic heterocycles. The number of ether oxygens (including phenoxy) is 1. The van der Waals surface area contributed by atoms with Crippen molar-refractivity contribution in [2.75, 3.05) is 7.11 Å². The van der Waals surface area contributed by atoms with Crippen LogP contribution in [0.2, 0.25) is 0 Å². The van der Waals surface area contributed by atoms with E-state index in [4.69, 9.17) is 10.5 Å². The second-order valence-electron chi connectivity index (χ2n) is 2.91. The van der Waals surface area contributed by atoms with Gasteiger partial charge in [-0.05, 0) is 24.1 Å². The molecule has 1 aromatic rings.